The van der Waals surface area contributed by atoms with Crippen LogP contribution in [0.15, 0.2) is 42.5 Å². The highest BCUT2D eigenvalue weighted by molar-refractivity contribution is 5.64. The summed E-state index contributed by atoms with van der Waals surface area (Å²) < 4.78 is 19.2. The van der Waals surface area contributed by atoms with Crippen LogP contribution in [0.2, 0.25) is 0 Å². The molecule has 0 bridgehead atoms. The number of unbranched alkanes of at least 4 members (excludes halogenated alkanes) is 3. The lowest BCUT2D eigenvalue weighted by Gasteiger charge is -2.26. The number of aromatic hydroxyl groups is 1. The quantitative estimate of drug-likeness (QED) is 0.298. The maximum Gasteiger partial charge on any atom is 0.291 e. The zero-order chi connectivity index (χ0) is 20.6. The average molecular weight is 398 g/mol. The Hall–Kier alpha value is -1.83. The van der Waals surface area contributed by atoms with Gasteiger partial charge in [-0.25, -0.2) is 0 Å². The summed E-state index contributed by atoms with van der Waals surface area (Å²) >= 11 is 0. The minimum atomic E-state index is -0.215. The van der Waals surface area contributed by atoms with Crippen molar-refractivity contribution in [3.05, 3.63) is 53.8 Å². The van der Waals surface area contributed by atoms with Crippen molar-refractivity contribution in [1.29, 1.82) is 0 Å². The maximum atomic E-state index is 14.7. The molecule has 3 rings (SSSR count). The molecule has 1 unspecified atom stereocenters. The molecular formula is C27H38FO+. The summed E-state index contributed by atoms with van der Waals surface area (Å²) in [6, 6.07) is 14.3. The van der Waals surface area contributed by atoms with E-state index in [0.717, 1.165) is 23.5 Å². The fourth-order valence-corrected chi connectivity index (χ4v) is 4.50. The van der Waals surface area contributed by atoms with Gasteiger partial charge in [-0.15, -0.1) is 0 Å². The van der Waals surface area contributed by atoms with E-state index in [1.54, 1.807) is 6.07 Å². The molecule has 0 radical (unpaired) electrons. The van der Waals surface area contributed by atoms with Gasteiger partial charge in [0, 0.05) is 19.4 Å². The third-order valence-corrected chi connectivity index (χ3v) is 6.51. The van der Waals surface area contributed by atoms with Crippen molar-refractivity contribution in [1.82, 2.24) is 0 Å². The number of halogens is 1. The van der Waals surface area contributed by atoms with Gasteiger partial charge >= 0.3 is 0 Å². The van der Waals surface area contributed by atoms with E-state index in [1.165, 1.54) is 56.9 Å². The van der Waals surface area contributed by atoms with Crippen molar-refractivity contribution in [2.75, 3.05) is 0 Å². The molecule has 158 valence electrons. The number of hydrogen-bond donors (Lipinski definition) is 0. The van der Waals surface area contributed by atoms with E-state index >= 15 is 0 Å². The van der Waals surface area contributed by atoms with Crippen LogP contribution in [0.4, 0.5) is 4.39 Å². The topological polar surface area (TPSA) is 12.8 Å². The highest BCUT2D eigenvalue weighted by Gasteiger charge is 2.20. The summed E-state index contributed by atoms with van der Waals surface area (Å²) in [5, 5.41) is 0. The predicted molar refractivity (Wildman–Crippen MR) is 122 cm³/mol. The van der Waals surface area contributed by atoms with Crippen LogP contribution in [0, 0.1) is 11.7 Å². The third kappa shape index (κ3) is 6.32. The van der Waals surface area contributed by atoms with E-state index in [-0.39, 0.29) is 11.9 Å². The first-order valence-electron chi connectivity index (χ1n) is 11.7. The zero-order valence-electron chi connectivity index (χ0n) is 18.5. The van der Waals surface area contributed by atoms with Crippen LogP contribution in [-0.4, -0.2) is 10.8 Å². The molecule has 1 aliphatic carbocycles. The van der Waals surface area contributed by atoms with Crippen molar-refractivity contribution >= 4 is 0 Å². The average Bonchev–Trinajstić information content (AvgIpc) is 2.73. The van der Waals surface area contributed by atoms with Gasteiger partial charge in [0.2, 0.25) is 5.82 Å². The van der Waals surface area contributed by atoms with Crippen LogP contribution in [0.5, 0.6) is 5.75 Å². The summed E-state index contributed by atoms with van der Waals surface area (Å²) in [5.74, 6) is 1.84. The van der Waals surface area contributed by atoms with Crippen LogP contribution in [0.1, 0.15) is 90.0 Å². The van der Waals surface area contributed by atoms with Gasteiger partial charge in [0.05, 0.1) is 0 Å². The Bertz CT molecular complexity index is 744. The Labute approximate surface area is 176 Å². The maximum absolute atomic E-state index is 14.7. The monoisotopic (exact) mass is 397 g/mol. The normalized spacial score (nSPS) is 20.4. The Balaban J connectivity index is 1.59. The molecule has 1 saturated carbocycles. The van der Waals surface area contributed by atoms with Crippen LogP contribution >= 0.6 is 0 Å². The van der Waals surface area contributed by atoms with E-state index in [0.29, 0.717) is 11.7 Å². The van der Waals surface area contributed by atoms with Crippen molar-refractivity contribution in [2.24, 2.45) is 5.92 Å². The highest BCUT2D eigenvalue weighted by atomic mass is 19.1. The standard InChI is InChI=1S/C27H37FO/c1-4-5-6-7-8-21(3)29-27-18-17-25(19-26(27)28)24-15-13-23(14-16-24)22-11-9-20(2)10-12-22/h13-22H,4-12H2,1-3H3/p+1. The van der Waals surface area contributed by atoms with Gasteiger partial charge in [0.1, 0.15) is 0 Å². The molecule has 1 N–H and O–H groups in total. The van der Waals surface area contributed by atoms with Crippen LogP contribution < -0.4 is 0 Å². The van der Waals surface area contributed by atoms with Crippen molar-refractivity contribution in [3.8, 4) is 16.9 Å². The van der Waals surface area contributed by atoms with E-state index in [9.17, 15) is 4.39 Å². The van der Waals surface area contributed by atoms with Crippen molar-refractivity contribution in [2.45, 2.75) is 90.6 Å². The van der Waals surface area contributed by atoms with Gasteiger partial charge in [-0.05, 0) is 59.9 Å². The van der Waals surface area contributed by atoms with Crippen LogP contribution in [0.25, 0.3) is 11.1 Å². The minimum Gasteiger partial charge on any atom is -0.579 e. The Morgan fingerprint density at radius 1 is 0.931 bits per heavy atom. The first kappa shape index (κ1) is 21.9. The molecule has 0 saturated heterocycles. The van der Waals surface area contributed by atoms with Crippen LogP contribution in [0.3, 0.4) is 0 Å². The molecule has 1 aliphatic rings. The minimum absolute atomic E-state index is 0.171. The lowest BCUT2D eigenvalue weighted by molar-refractivity contribution is -0.0136. The SMILES string of the molecule is CCCCCCC(C)[OH+]c1ccc(-c2ccc(C3CCC(C)CC3)cc2)cc1F. The molecule has 1 nitrogen and oxygen atoms in total. The van der Waals surface area contributed by atoms with E-state index in [1.807, 2.05) is 12.1 Å². The first-order chi connectivity index (χ1) is 14.1. The Morgan fingerprint density at radius 3 is 2.28 bits per heavy atom. The van der Waals surface area contributed by atoms with Gasteiger partial charge in [0.15, 0.2) is 6.10 Å². The van der Waals surface area contributed by atoms with E-state index < -0.39 is 0 Å². The fourth-order valence-electron chi connectivity index (χ4n) is 4.50. The number of aliphatic hydroxyl groups is 1. The largest absolute Gasteiger partial charge is 0.579 e. The van der Waals surface area contributed by atoms with Crippen molar-refractivity contribution < 1.29 is 9.13 Å². The summed E-state index contributed by atoms with van der Waals surface area (Å²) in [6.07, 6.45) is 11.4. The second-order valence-corrected chi connectivity index (χ2v) is 9.07. The molecule has 0 heterocycles. The smallest absolute Gasteiger partial charge is 0.291 e. The second-order valence-electron chi connectivity index (χ2n) is 9.07. The van der Waals surface area contributed by atoms with Crippen molar-refractivity contribution in [3.63, 3.8) is 0 Å². The molecular weight excluding hydrogens is 359 g/mol. The lowest BCUT2D eigenvalue weighted by Crippen LogP contribution is -2.10. The predicted octanol–water partition coefficient (Wildman–Crippen LogP) is 8.39. The van der Waals surface area contributed by atoms with Gasteiger partial charge in [-0.2, -0.15) is 4.39 Å². The molecule has 2 aromatic carbocycles. The van der Waals surface area contributed by atoms with Gasteiger partial charge in [-0.3, -0.25) is 0 Å². The van der Waals surface area contributed by atoms with Gasteiger partial charge in [0.25, 0.3) is 5.75 Å². The third-order valence-electron chi connectivity index (χ3n) is 6.51. The molecule has 0 amide bonds. The van der Waals surface area contributed by atoms with Gasteiger partial charge < -0.3 is 4.74 Å². The number of ether oxygens (including phenoxy) is 1. The summed E-state index contributed by atoms with van der Waals surface area (Å²) in [4.78, 5) is 0. The van der Waals surface area contributed by atoms with E-state index in [4.69, 9.17) is 0 Å². The Morgan fingerprint density at radius 2 is 1.62 bits per heavy atom. The highest BCUT2D eigenvalue weighted by Crippen LogP contribution is 2.36. The molecule has 1 fully saturated rings. The zero-order valence-corrected chi connectivity index (χ0v) is 18.5. The van der Waals surface area contributed by atoms with Crippen LogP contribution in [-0.2, 0) is 0 Å². The summed E-state index contributed by atoms with van der Waals surface area (Å²) in [7, 11) is 0. The fraction of sp³-hybridized carbons (Fsp3) is 0.556. The molecule has 2 aromatic rings. The molecule has 2 heteroatoms. The molecule has 0 aliphatic heterocycles. The summed E-state index contributed by atoms with van der Waals surface area (Å²) in [6.45, 7) is 6.66. The molecule has 0 aromatic heterocycles. The molecule has 1 atom stereocenters. The van der Waals surface area contributed by atoms with E-state index in [2.05, 4.69) is 49.8 Å². The number of rotatable bonds is 9. The van der Waals surface area contributed by atoms with Gasteiger partial charge in [-0.1, -0.05) is 70.2 Å². The summed E-state index contributed by atoms with van der Waals surface area (Å²) in [5.41, 5.74) is 3.45. The molecule has 0 spiro atoms. The first-order valence-corrected chi connectivity index (χ1v) is 11.7. The Kier molecular flexibility index (Phi) is 8.15. The second kappa shape index (κ2) is 10.8. The number of benzene rings is 2. The number of hydrogen-bond acceptors (Lipinski definition) is 0. The lowest BCUT2D eigenvalue weighted by atomic mass is 9.79. The molecule has 29 heavy (non-hydrogen) atoms.